The fourth-order valence-electron chi connectivity index (χ4n) is 3.36. The summed E-state index contributed by atoms with van der Waals surface area (Å²) >= 11 is 13.7. The average Bonchev–Trinajstić information content (AvgIpc) is 3.04. The Balaban J connectivity index is 1.87. The highest BCUT2D eigenvalue weighted by Crippen LogP contribution is 2.31. The van der Waals surface area contributed by atoms with E-state index < -0.39 is 5.97 Å². The first-order valence-electron chi connectivity index (χ1n) is 9.82. The van der Waals surface area contributed by atoms with Crippen LogP contribution >= 0.6 is 34.5 Å². The van der Waals surface area contributed by atoms with E-state index in [0.717, 1.165) is 11.1 Å². The van der Waals surface area contributed by atoms with Crippen LogP contribution in [0.4, 0.5) is 0 Å². The van der Waals surface area contributed by atoms with E-state index in [9.17, 15) is 9.59 Å². The van der Waals surface area contributed by atoms with Crippen molar-refractivity contribution in [2.45, 2.75) is 20.1 Å². The van der Waals surface area contributed by atoms with Crippen molar-refractivity contribution in [1.82, 2.24) is 4.57 Å². The van der Waals surface area contributed by atoms with Gasteiger partial charge in [0.25, 0.3) is 5.56 Å². The molecule has 6 nitrogen and oxygen atoms in total. The predicted octanol–water partition coefficient (Wildman–Crippen LogP) is 3.30. The predicted molar refractivity (Wildman–Crippen MR) is 125 cm³/mol. The molecule has 1 aromatic heterocycles. The molecule has 0 N–H and O–H groups in total. The van der Waals surface area contributed by atoms with Crippen molar-refractivity contribution >= 4 is 52.7 Å². The molecule has 9 heteroatoms. The van der Waals surface area contributed by atoms with Crippen LogP contribution in [0.3, 0.4) is 0 Å². The Morgan fingerprint density at radius 2 is 2.09 bits per heavy atom. The lowest BCUT2D eigenvalue weighted by molar-refractivity contribution is -0.135. The monoisotopic (exact) mass is 491 g/mol. The van der Waals surface area contributed by atoms with Crippen molar-refractivity contribution < 1.29 is 19.0 Å². The molecule has 0 fully saturated rings. The molecule has 1 aliphatic rings. The largest absolute Gasteiger partial charge is 0.467 e. The second-order valence-electron chi connectivity index (χ2n) is 6.92. The van der Waals surface area contributed by atoms with Crippen LogP contribution in [0.25, 0.3) is 12.2 Å². The van der Waals surface area contributed by atoms with Crippen LogP contribution in [0.15, 0.2) is 41.2 Å². The lowest BCUT2D eigenvalue weighted by Crippen LogP contribution is -2.32. The minimum atomic E-state index is -0.524. The number of benzene rings is 2. The number of carbonyl (C=O) groups is 1. The Hall–Kier alpha value is -2.58. The highest BCUT2D eigenvalue weighted by Gasteiger charge is 2.18. The van der Waals surface area contributed by atoms with Crippen molar-refractivity contribution in [1.29, 1.82) is 0 Å². The molecule has 0 atom stereocenters. The van der Waals surface area contributed by atoms with Crippen molar-refractivity contribution in [3.05, 3.63) is 82.7 Å². The van der Waals surface area contributed by atoms with Gasteiger partial charge >= 0.3 is 5.97 Å². The number of halogens is 2. The van der Waals surface area contributed by atoms with Gasteiger partial charge in [0.05, 0.1) is 30.4 Å². The van der Waals surface area contributed by atoms with E-state index in [4.69, 9.17) is 37.4 Å². The van der Waals surface area contributed by atoms with Gasteiger partial charge in [-0.2, -0.15) is 0 Å². The third kappa shape index (κ3) is 4.91. The Morgan fingerprint density at radius 1 is 1.28 bits per heavy atom. The number of esters is 1. The van der Waals surface area contributed by atoms with E-state index in [1.165, 1.54) is 22.0 Å². The summed E-state index contributed by atoms with van der Waals surface area (Å²) < 4.78 is 18.5. The Kier molecular flexibility index (Phi) is 7.01. The van der Waals surface area contributed by atoms with E-state index in [-0.39, 0.29) is 25.5 Å². The van der Waals surface area contributed by atoms with Crippen LogP contribution in [0.5, 0.6) is 5.75 Å². The van der Waals surface area contributed by atoms with Crippen molar-refractivity contribution in [3.8, 4) is 5.75 Å². The molecule has 0 saturated carbocycles. The standard InChI is InChI=1S/C23H19Cl2NO5S/c1-2-30-21(27)10-20-26(11-15-7-17(24)8-16-12-29-13-31-22(15)16)23(28)19(32-20)9-14-5-3-4-6-18(14)25/h3-10H,2,11-13H2,1H3. The van der Waals surface area contributed by atoms with Crippen LogP contribution in [-0.2, 0) is 27.4 Å². The zero-order valence-corrected chi connectivity index (χ0v) is 19.4. The molecule has 1 aliphatic heterocycles. The van der Waals surface area contributed by atoms with Gasteiger partial charge in [0, 0.05) is 21.2 Å². The number of fused-ring (bicyclic) bond motifs is 1. The molecule has 0 saturated heterocycles. The molecule has 0 aliphatic carbocycles. The molecule has 32 heavy (non-hydrogen) atoms. The first kappa shape index (κ1) is 22.6. The van der Waals surface area contributed by atoms with Crippen molar-refractivity contribution in [2.75, 3.05) is 13.4 Å². The summed E-state index contributed by atoms with van der Waals surface area (Å²) in [6.45, 7) is 2.61. The van der Waals surface area contributed by atoms with Crippen LogP contribution in [0.1, 0.15) is 23.6 Å². The Bertz CT molecular complexity index is 1350. The fraction of sp³-hybridized carbons (Fsp3) is 0.217. The number of aromatic nitrogens is 1. The number of hydrogen-bond acceptors (Lipinski definition) is 6. The summed E-state index contributed by atoms with van der Waals surface area (Å²) in [7, 11) is 0. The van der Waals surface area contributed by atoms with Crippen molar-refractivity contribution in [3.63, 3.8) is 0 Å². The van der Waals surface area contributed by atoms with Crippen LogP contribution in [0.2, 0.25) is 10.0 Å². The van der Waals surface area contributed by atoms with E-state index in [2.05, 4.69) is 0 Å². The van der Waals surface area contributed by atoms with Gasteiger partial charge in [-0.1, -0.05) is 41.4 Å². The van der Waals surface area contributed by atoms with Gasteiger partial charge in [-0.05, 0) is 36.8 Å². The molecule has 0 amide bonds. The molecular weight excluding hydrogens is 473 g/mol. The van der Waals surface area contributed by atoms with E-state index >= 15 is 0 Å². The fourth-order valence-corrected chi connectivity index (χ4v) is 4.83. The number of ether oxygens (including phenoxy) is 3. The second kappa shape index (κ2) is 9.92. The molecule has 2 aromatic carbocycles. The van der Waals surface area contributed by atoms with Crippen LogP contribution in [-0.4, -0.2) is 23.9 Å². The third-order valence-electron chi connectivity index (χ3n) is 4.74. The third-order valence-corrected chi connectivity index (χ3v) is 6.36. The summed E-state index contributed by atoms with van der Waals surface area (Å²) in [6, 6.07) is 10.8. The molecule has 0 bridgehead atoms. The zero-order chi connectivity index (χ0) is 22.7. The summed E-state index contributed by atoms with van der Waals surface area (Å²) in [5, 5.41) is 1.04. The number of thiazole rings is 1. The van der Waals surface area contributed by atoms with Crippen LogP contribution < -0.4 is 19.5 Å². The molecule has 4 rings (SSSR count). The average molecular weight is 492 g/mol. The SMILES string of the molecule is CCOC(=O)C=c1sc(=Cc2ccccc2Cl)c(=O)n1Cc1cc(Cl)cc2c1OCOC2. The van der Waals surface area contributed by atoms with E-state index in [1.807, 2.05) is 18.2 Å². The van der Waals surface area contributed by atoms with Gasteiger partial charge in [-0.3, -0.25) is 9.36 Å². The van der Waals surface area contributed by atoms with Gasteiger partial charge < -0.3 is 14.2 Å². The first-order chi connectivity index (χ1) is 15.5. The number of hydrogen-bond donors (Lipinski definition) is 0. The lowest BCUT2D eigenvalue weighted by atomic mass is 10.1. The van der Waals surface area contributed by atoms with Gasteiger partial charge in [-0.25, -0.2) is 4.79 Å². The molecule has 0 unspecified atom stereocenters. The maximum absolute atomic E-state index is 13.3. The number of carbonyl (C=O) groups excluding carboxylic acids is 1. The van der Waals surface area contributed by atoms with Crippen LogP contribution in [0, 0.1) is 0 Å². The number of rotatable bonds is 5. The molecule has 0 radical (unpaired) electrons. The molecule has 166 valence electrons. The molecular formula is C23H19Cl2NO5S. The lowest BCUT2D eigenvalue weighted by Gasteiger charge is -2.21. The Labute approximate surface area is 197 Å². The first-order valence-corrected chi connectivity index (χ1v) is 11.4. The maximum Gasteiger partial charge on any atom is 0.333 e. The maximum atomic E-state index is 13.3. The summed E-state index contributed by atoms with van der Waals surface area (Å²) in [5.41, 5.74) is 1.98. The quantitative estimate of drug-likeness (QED) is 0.512. The second-order valence-corrected chi connectivity index (χ2v) is 8.83. The van der Waals surface area contributed by atoms with Gasteiger partial charge in [0.2, 0.25) is 0 Å². The zero-order valence-electron chi connectivity index (χ0n) is 17.1. The Morgan fingerprint density at radius 3 is 2.88 bits per heavy atom. The van der Waals surface area contributed by atoms with Gasteiger partial charge in [-0.15, -0.1) is 11.3 Å². The van der Waals surface area contributed by atoms with Gasteiger partial charge in [0.1, 0.15) is 10.4 Å². The molecule has 0 spiro atoms. The van der Waals surface area contributed by atoms with E-state index in [1.54, 1.807) is 31.2 Å². The minimum Gasteiger partial charge on any atom is -0.467 e. The molecule has 3 aromatic rings. The molecule has 2 heterocycles. The minimum absolute atomic E-state index is 0.119. The van der Waals surface area contributed by atoms with Gasteiger partial charge in [0.15, 0.2) is 6.79 Å². The summed E-state index contributed by atoms with van der Waals surface area (Å²) in [5.74, 6) is 0.113. The summed E-state index contributed by atoms with van der Waals surface area (Å²) in [6.07, 6.45) is 3.03. The summed E-state index contributed by atoms with van der Waals surface area (Å²) in [4.78, 5) is 25.5. The van der Waals surface area contributed by atoms with E-state index in [0.29, 0.717) is 37.2 Å². The normalized spacial score (nSPS) is 14.2. The highest BCUT2D eigenvalue weighted by atomic mass is 35.5. The number of nitrogens with zero attached hydrogens (tertiary/aromatic N) is 1. The van der Waals surface area contributed by atoms with Crippen molar-refractivity contribution in [2.24, 2.45) is 0 Å². The highest BCUT2D eigenvalue weighted by molar-refractivity contribution is 7.07. The topological polar surface area (TPSA) is 66.8 Å². The smallest absolute Gasteiger partial charge is 0.333 e.